The van der Waals surface area contributed by atoms with Crippen molar-refractivity contribution in [2.45, 2.75) is 31.4 Å². The van der Waals surface area contributed by atoms with Gasteiger partial charge in [-0.3, -0.25) is 4.79 Å². The van der Waals surface area contributed by atoms with Gasteiger partial charge in [-0.1, -0.05) is 12.1 Å². The van der Waals surface area contributed by atoms with Crippen LogP contribution < -0.4 is 10.6 Å². The van der Waals surface area contributed by atoms with Gasteiger partial charge in [0.15, 0.2) is 5.13 Å². The second-order valence-corrected chi connectivity index (χ2v) is 7.07. The molecule has 0 spiro atoms. The van der Waals surface area contributed by atoms with Gasteiger partial charge < -0.3 is 10.6 Å². The van der Waals surface area contributed by atoms with Crippen molar-refractivity contribution in [1.29, 1.82) is 0 Å². The maximum Gasteiger partial charge on any atom is 0.416 e. The number of carbonyl (C=O) groups excluding carboxylic acids is 1. The third-order valence-electron chi connectivity index (χ3n) is 4.16. The Balaban J connectivity index is 1.56. The second-order valence-electron chi connectivity index (χ2n) is 6.01. The largest absolute Gasteiger partial charge is 0.416 e. The molecule has 2 heterocycles. The highest BCUT2D eigenvalue weighted by Crippen LogP contribution is 2.32. The Kier molecular flexibility index (Phi) is 5.39. The van der Waals surface area contributed by atoms with Crippen LogP contribution in [0, 0.1) is 0 Å². The van der Waals surface area contributed by atoms with E-state index in [1.165, 1.54) is 23.5 Å². The van der Waals surface area contributed by atoms with E-state index in [1.807, 2.05) is 0 Å². The van der Waals surface area contributed by atoms with Crippen molar-refractivity contribution in [3.63, 3.8) is 0 Å². The van der Waals surface area contributed by atoms with Gasteiger partial charge in [-0.15, -0.1) is 11.3 Å². The number of carbonyl (C=O) groups is 1. The number of nitrogens with zero attached hydrogens (tertiary/aromatic N) is 1. The van der Waals surface area contributed by atoms with Gasteiger partial charge in [0.05, 0.1) is 12.0 Å². The average molecular weight is 369 g/mol. The fourth-order valence-corrected chi connectivity index (χ4v) is 3.80. The molecule has 4 nitrogen and oxygen atoms in total. The smallest absolute Gasteiger partial charge is 0.317 e. The molecule has 1 fully saturated rings. The minimum absolute atomic E-state index is 0.0143. The molecule has 25 heavy (non-hydrogen) atoms. The van der Waals surface area contributed by atoms with E-state index in [-0.39, 0.29) is 12.3 Å². The zero-order chi connectivity index (χ0) is 17.9. The van der Waals surface area contributed by atoms with Crippen molar-refractivity contribution in [1.82, 2.24) is 10.3 Å². The number of anilines is 1. The van der Waals surface area contributed by atoms with Gasteiger partial charge in [0.1, 0.15) is 0 Å². The summed E-state index contributed by atoms with van der Waals surface area (Å²) in [5.74, 6) is 0.185. The standard InChI is InChI=1S/C17H18F3N3OS/c18-17(19,20)13-3-1-11(2-4-13)9-15(24)23-16-22-10-14(25-16)12-5-7-21-8-6-12/h1-4,10,12,21H,5-9H2,(H,22,23,24). The Labute approximate surface area is 147 Å². The lowest BCUT2D eigenvalue weighted by molar-refractivity contribution is -0.137. The van der Waals surface area contributed by atoms with Crippen LogP contribution in [0.1, 0.15) is 34.8 Å². The third kappa shape index (κ3) is 4.79. The van der Waals surface area contributed by atoms with Gasteiger partial charge in [0.25, 0.3) is 0 Å². The van der Waals surface area contributed by atoms with Gasteiger partial charge >= 0.3 is 6.18 Å². The summed E-state index contributed by atoms with van der Waals surface area (Å²) in [5, 5.41) is 6.57. The topological polar surface area (TPSA) is 54.0 Å². The molecule has 3 rings (SSSR count). The normalized spacial score (nSPS) is 16.0. The number of rotatable bonds is 4. The van der Waals surface area contributed by atoms with E-state index >= 15 is 0 Å². The summed E-state index contributed by atoms with van der Waals surface area (Å²) in [6.07, 6.45) is -0.441. The molecule has 0 aliphatic carbocycles. The number of piperidine rings is 1. The summed E-state index contributed by atoms with van der Waals surface area (Å²) in [4.78, 5) is 17.5. The molecule has 2 aromatic rings. The molecule has 0 bridgehead atoms. The highest BCUT2D eigenvalue weighted by Gasteiger charge is 2.30. The Morgan fingerprint density at radius 3 is 2.56 bits per heavy atom. The van der Waals surface area contributed by atoms with Crippen LogP contribution in [0.3, 0.4) is 0 Å². The first-order chi connectivity index (χ1) is 11.9. The first-order valence-electron chi connectivity index (χ1n) is 8.04. The van der Waals surface area contributed by atoms with Crippen molar-refractivity contribution in [3.05, 3.63) is 46.5 Å². The van der Waals surface area contributed by atoms with E-state index in [0.29, 0.717) is 16.6 Å². The molecule has 8 heteroatoms. The zero-order valence-corrected chi connectivity index (χ0v) is 14.2. The lowest BCUT2D eigenvalue weighted by Crippen LogP contribution is -2.26. The summed E-state index contributed by atoms with van der Waals surface area (Å²) in [6.45, 7) is 1.97. The van der Waals surface area contributed by atoms with Crippen LogP contribution in [0.2, 0.25) is 0 Å². The summed E-state index contributed by atoms with van der Waals surface area (Å²) in [5.41, 5.74) is -0.191. The number of hydrogen-bond acceptors (Lipinski definition) is 4. The minimum Gasteiger partial charge on any atom is -0.317 e. The van der Waals surface area contributed by atoms with Crippen LogP contribution in [0.4, 0.5) is 18.3 Å². The SMILES string of the molecule is O=C(Cc1ccc(C(F)(F)F)cc1)Nc1ncc(C2CCNCC2)s1. The molecule has 0 saturated carbocycles. The highest BCUT2D eigenvalue weighted by atomic mass is 32.1. The molecule has 1 saturated heterocycles. The van der Waals surface area contributed by atoms with Crippen LogP contribution >= 0.6 is 11.3 Å². The van der Waals surface area contributed by atoms with E-state index in [4.69, 9.17) is 0 Å². The molecule has 2 N–H and O–H groups in total. The first-order valence-corrected chi connectivity index (χ1v) is 8.86. The van der Waals surface area contributed by atoms with E-state index in [1.54, 1.807) is 6.20 Å². The van der Waals surface area contributed by atoms with Crippen molar-refractivity contribution in [2.75, 3.05) is 18.4 Å². The number of nitrogens with one attached hydrogen (secondary N) is 2. The third-order valence-corrected chi connectivity index (χ3v) is 5.23. The molecule has 1 aromatic carbocycles. The highest BCUT2D eigenvalue weighted by molar-refractivity contribution is 7.15. The lowest BCUT2D eigenvalue weighted by atomic mass is 9.97. The number of halogens is 3. The quantitative estimate of drug-likeness (QED) is 0.862. The number of benzene rings is 1. The van der Waals surface area contributed by atoms with Crippen molar-refractivity contribution in [2.24, 2.45) is 0 Å². The molecule has 0 unspecified atom stereocenters. The Morgan fingerprint density at radius 2 is 1.92 bits per heavy atom. The van der Waals surface area contributed by atoms with Crippen LogP contribution in [0.15, 0.2) is 30.5 Å². The van der Waals surface area contributed by atoms with Gasteiger partial charge in [-0.05, 0) is 49.5 Å². The summed E-state index contributed by atoms with van der Waals surface area (Å²) >= 11 is 1.46. The predicted octanol–water partition coefficient (Wildman–Crippen LogP) is 3.81. The number of amides is 1. The molecule has 1 aliphatic heterocycles. The molecule has 0 radical (unpaired) electrons. The Bertz CT molecular complexity index is 721. The maximum absolute atomic E-state index is 12.5. The summed E-state index contributed by atoms with van der Waals surface area (Å²) in [7, 11) is 0. The molecule has 1 aromatic heterocycles. The molecule has 0 atom stereocenters. The van der Waals surface area contributed by atoms with Gasteiger partial charge in [-0.25, -0.2) is 4.98 Å². The van der Waals surface area contributed by atoms with Crippen LogP contribution in [-0.2, 0) is 17.4 Å². The van der Waals surface area contributed by atoms with Crippen molar-refractivity contribution < 1.29 is 18.0 Å². The molecule has 1 aliphatic rings. The van der Waals surface area contributed by atoms with E-state index < -0.39 is 11.7 Å². The van der Waals surface area contributed by atoms with Crippen molar-refractivity contribution in [3.8, 4) is 0 Å². The first kappa shape index (κ1) is 17.9. The average Bonchev–Trinajstić information content (AvgIpc) is 3.03. The zero-order valence-electron chi connectivity index (χ0n) is 13.4. The number of thiazole rings is 1. The minimum atomic E-state index is -4.37. The number of alkyl halides is 3. The maximum atomic E-state index is 12.5. The Morgan fingerprint density at radius 1 is 1.24 bits per heavy atom. The number of hydrogen-bond donors (Lipinski definition) is 2. The monoisotopic (exact) mass is 369 g/mol. The fraction of sp³-hybridized carbons (Fsp3) is 0.412. The molecule has 134 valence electrons. The van der Waals surface area contributed by atoms with E-state index in [2.05, 4.69) is 15.6 Å². The molecular weight excluding hydrogens is 351 g/mol. The van der Waals surface area contributed by atoms with Crippen LogP contribution in [-0.4, -0.2) is 24.0 Å². The van der Waals surface area contributed by atoms with Crippen LogP contribution in [0.5, 0.6) is 0 Å². The van der Waals surface area contributed by atoms with Crippen LogP contribution in [0.25, 0.3) is 0 Å². The van der Waals surface area contributed by atoms with Gasteiger partial charge in [-0.2, -0.15) is 13.2 Å². The summed E-state index contributed by atoms with van der Waals surface area (Å²) < 4.78 is 37.6. The van der Waals surface area contributed by atoms with Crippen molar-refractivity contribution >= 4 is 22.4 Å². The van der Waals surface area contributed by atoms with E-state index in [9.17, 15) is 18.0 Å². The van der Waals surface area contributed by atoms with Gasteiger partial charge in [0, 0.05) is 11.1 Å². The lowest BCUT2D eigenvalue weighted by Gasteiger charge is -2.20. The van der Waals surface area contributed by atoms with E-state index in [0.717, 1.165) is 42.9 Å². The molecular formula is C17H18F3N3OS. The predicted molar refractivity (Wildman–Crippen MR) is 90.7 cm³/mol. The second kappa shape index (κ2) is 7.53. The number of aromatic nitrogens is 1. The Hall–Kier alpha value is -1.93. The summed E-state index contributed by atoms with van der Waals surface area (Å²) in [6, 6.07) is 4.62. The molecule has 1 amide bonds. The fourth-order valence-electron chi connectivity index (χ4n) is 2.80. The van der Waals surface area contributed by atoms with Gasteiger partial charge in [0.2, 0.25) is 5.91 Å².